The van der Waals surface area contributed by atoms with E-state index in [-0.39, 0.29) is 17.9 Å². The molecule has 29 heavy (non-hydrogen) atoms. The van der Waals surface area contributed by atoms with Gasteiger partial charge >= 0.3 is 0 Å². The largest absolute Gasteiger partial charge is 0.491 e. The predicted octanol–water partition coefficient (Wildman–Crippen LogP) is 3.54. The van der Waals surface area contributed by atoms with Crippen LogP contribution in [-0.4, -0.2) is 48.5 Å². The van der Waals surface area contributed by atoms with Crippen LogP contribution in [0.1, 0.15) is 25.7 Å². The molecule has 0 spiro atoms. The maximum atomic E-state index is 12.8. The van der Waals surface area contributed by atoms with Crippen molar-refractivity contribution in [3.8, 4) is 5.75 Å². The van der Waals surface area contributed by atoms with E-state index in [1.807, 2.05) is 30.3 Å². The zero-order valence-corrected chi connectivity index (χ0v) is 17.0. The molecule has 1 aromatic heterocycles. The number of carbonyl (C=O) groups is 1. The highest BCUT2D eigenvalue weighted by molar-refractivity contribution is 6.29. The second-order valence-corrected chi connectivity index (χ2v) is 7.85. The van der Waals surface area contributed by atoms with Gasteiger partial charge in [-0.25, -0.2) is 0 Å². The van der Waals surface area contributed by atoms with E-state index in [1.165, 1.54) is 0 Å². The number of piperidine rings is 1. The Morgan fingerprint density at radius 2 is 2.17 bits per heavy atom. The van der Waals surface area contributed by atoms with Crippen molar-refractivity contribution >= 4 is 29.0 Å². The lowest BCUT2D eigenvalue weighted by atomic mass is 9.97. The third-order valence-corrected chi connectivity index (χ3v) is 5.50. The fourth-order valence-corrected chi connectivity index (χ4v) is 3.85. The van der Waals surface area contributed by atoms with E-state index in [1.54, 1.807) is 6.07 Å². The number of aromatic nitrogens is 2. The standard InChI is InChI=1S/C21H25ClN4O3/c22-19-8-9-20(25-24-19)26-10-2-4-15(13-26)21(27)23-16-5-1-6-17(12-16)29-14-18-7-3-11-28-18/h1,5-6,8-9,12,15,18H,2-4,7,10-11,13-14H2,(H,23,27)/t15-,18-/m0/s1. The van der Waals surface area contributed by atoms with Crippen LogP contribution < -0.4 is 15.0 Å². The van der Waals surface area contributed by atoms with Gasteiger partial charge in [-0.3, -0.25) is 4.79 Å². The van der Waals surface area contributed by atoms with Crippen LogP contribution in [0, 0.1) is 5.92 Å². The third-order valence-electron chi connectivity index (χ3n) is 5.30. The molecule has 2 aliphatic heterocycles. The number of nitrogens with one attached hydrogen (secondary N) is 1. The molecule has 3 heterocycles. The van der Waals surface area contributed by atoms with E-state index >= 15 is 0 Å². The van der Waals surface area contributed by atoms with E-state index in [0.717, 1.165) is 56.1 Å². The van der Waals surface area contributed by atoms with E-state index < -0.39 is 0 Å². The Bertz CT molecular complexity index is 827. The Balaban J connectivity index is 1.33. The number of halogens is 1. The van der Waals surface area contributed by atoms with Gasteiger partial charge in [0.15, 0.2) is 11.0 Å². The van der Waals surface area contributed by atoms with Crippen molar-refractivity contribution < 1.29 is 14.3 Å². The van der Waals surface area contributed by atoms with Gasteiger partial charge < -0.3 is 19.7 Å². The molecular weight excluding hydrogens is 392 g/mol. The van der Waals surface area contributed by atoms with Crippen molar-refractivity contribution in [2.24, 2.45) is 5.92 Å². The molecule has 2 saturated heterocycles. The first-order valence-corrected chi connectivity index (χ1v) is 10.4. The third kappa shape index (κ3) is 5.36. The van der Waals surface area contributed by atoms with Crippen LogP contribution in [0.2, 0.25) is 5.15 Å². The number of anilines is 2. The maximum Gasteiger partial charge on any atom is 0.229 e. The Labute approximate surface area is 175 Å². The van der Waals surface area contributed by atoms with Gasteiger partial charge in [-0.15, -0.1) is 10.2 Å². The number of benzene rings is 1. The van der Waals surface area contributed by atoms with Gasteiger partial charge in [0.2, 0.25) is 5.91 Å². The molecule has 0 radical (unpaired) electrons. The number of hydrogen-bond acceptors (Lipinski definition) is 6. The topological polar surface area (TPSA) is 76.6 Å². The average molecular weight is 417 g/mol. The normalized spacial score (nSPS) is 21.8. The molecule has 1 aromatic carbocycles. The maximum absolute atomic E-state index is 12.8. The summed E-state index contributed by atoms with van der Waals surface area (Å²) in [4.78, 5) is 14.9. The molecule has 4 rings (SSSR count). The summed E-state index contributed by atoms with van der Waals surface area (Å²) in [5.74, 6) is 1.38. The first kappa shape index (κ1) is 19.9. The molecule has 1 amide bonds. The van der Waals surface area contributed by atoms with Crippen LogP contribution in [0.25, 0.3) is 0 Å². The molecule has 0 unspecified atom stereocenters. The zero-order chi connectivity index (χ0) is 20.1. The number of carbonyl (C=O) groups excluding carboxylic acids is 1. The second-order valence-electron chi connectivity index (χ2n) is 7.46. The van der Waals surface area contributed by atoms with E-state index in [4.69, 9.17) is 21.1 Å². The van der Waals surface area contributed by atoms with E-state index in [0.29, 0.717) is 18.3 Å². The van der Waals surface area contributed by atoms with Crippen molar-refractivity contribution in [1.82, 2.24) is 10.2 Å². The molecule has 8 heteroatoms. The molecule has 0 bridgehead atoms. The van der Waals surface area contributed by atoms with E-state index in [2.05, 4.69) is 20.4 Å². The molecule has 1 N–H and O–H groups in total. The van der Waals surface area contributed by atoms with Gasteiger partial charge in [-0.2, -0.15) is 0 Å². The van der Waals surface area contributed by atoms with Gasteiger partial charge in [-0.05, 0) is 49.9 Å². The van der Waals surface area contributed by atoms with Crippen LogP contribution in [0.3, 0.4) is 0 Å². The van der Waals surface area contributed by atoms with Crippen LogP contribution in [0.15, 0.2) is 36.4 Å². The summed E-state index contributed by atoms with van der Waals surface area (Å²) in [5.41, 5.74) is 0.739. The van der Waals surface area contributed by atoms with Crippen molar-refractivity contribution in [2.75, 3.05) is 36.5 Å². The summed E-state index contributed by atoms with van der Waals surface area (Å²) in [6.07, 6.45) is 4.06. The molecule has 0 aliphatic carbocycles. The first-order valence-electron chi connectivity index (χ1n) is 10.1. The lowest BCUT2D eigenvalue weighted by molar-refractivity contribution is -0.120. The smallest absolute Gasteiger partial charge is 0.229 e. The quantitative estimate of drug-likeness (QED) is 0.776. The molecule has 2 atom stereocenters. The summed E-state index contributed by atoms with van der Waals surface area (Å²) >= 11 is 5.82. The lowest BCUT2D eigenvalue weighted by Crippen LogP contribution is -2.41. The monoisotopic (exact) mass is 416 g/mol. The molecule has 154 valence electrons. The summed E-state index contributed by atoms with van der Waals surface area (Å²) in [6, 6.07) is 11.1. The molecule has 0 saturated carbocycles. The molecule has 2 aromatic rings. The number of rotatable bonds is 6. The Hall–Kier alpha value is -2.38. The Kier molecular flexibility index (Phi) is 6.46. The fourth-order valence-electron chi connectivity index (χ4n) is 3.75. The fraction of sp³-hybridized carbons (Fsp3) is 0.476. The van der Waals surface area contributed by atoms with Gasteiger partial charge in [0.1, 0.15) is 12.4 Å². The van der Waals surface area contributed by atoms with Crippen LogP contribution in [0.4, 0.5) is 11.5 Å². The Morgan fingerprint density at radius 3 is 2.97 bits per heavy atom. The lowest BCUT2D eigenvalue weighted by Gasteiger charge is -2.32. The number of nitrogens with zero attached hydrogens (tertiary/aromatic N) is 3. The van der Waals surface area contributed by atoms with Gasteiger partial charge in [-0.1, -0.05) is 17.7 Å². The molecule has 2 fully saturated rings. The van der Waals surface area contributed by atoms with Crippen molar-refractivity contribution in [3.05, 3.63) is 41.6 Å². The van der Waals surface area contributed by atoms with Crippen molar-refractivity contribution in [2.45, 2.75) is 31.8 Å². The highest BCUT2D eigenvalue weighted by atomic mass is 35.5. The SMILES string of the molecule is O=C(Nc1cccc(OC[C@@H]2CCCO2)c1)[C@H]1CCCN(c2ccc(Cl)nn2)C1. The minimum Gasteiger partial charge on any atom is -0.491 e. The minimum absolute atomic E-state index is 0.00731. The number of amides is 1. The van der Waals surface area contributed by atoms with E-state index in [9.17, 15) is 4.79 Å². The first-order chi connectivity index (χ1) is 14.2. The second kappa shape index (κ2) is 9.41. The van der Waals surface area contributed by atoms with Crippen LogP contribution in [-0.2, 0) is 9.53 Å². The summed E-state index contributed by atoms with van der Waals surface area (Å²) < 4.78 is 11.4. The number of ether oxygens (including phenoxy) is 2. The van der Waals surface area contributed by atoms with Gasteiger partial charge in [0.05, 0.1) is 12.0 Å². The van der Waals surface area contributed by atoms with Crippen LogP contribution >= 0.6 is 11.6 Å². The minimum atomic E-state index is -0.113. The Morgan fingerprint density at radius 1 is 1.24 bits per heavy atom. The molecule has 2 aliphatic rings. The van der Waals surface area contributed by atoms with Gasteiger partial charge in [0, 0.05) is 31.5 Å². The highest BCUT2D eigenvalue weighted by Crippen LogP contribution is 2.24. The average Bonchev–Trinajstić information content (AvgIpc) is 3.27. The highest BCUT2D eigenvalue weighted by Gasteiger charge is 2.27. The summed E-state index contributed by atoms with van der Waals surface area (Å²) in [7, 11) is 0. The van der Waals surface area contributed by atoms with Crippen molar-refractivity contribution in [1.29, 1.82) is 0 Å². The molecule has 7 nitrogen and oxygen atoms in total. The van der Waals surface area contributed by atoms with Crippen molar-refractivity contribution in [3.63, 3.8) is 0 Å². The zero-order valence-electron chi connectivity index (χ0n) is 16.2. The summed E-state index contributed by atoms with van der Waals surface area (Å²) in [6.45, 7) is 2.81. The molecular formula is C21H25ClN4O3. The summed E-state index contributed by atoms with van der Waals surface area (Å²) in [5, 5.41) is 11.4. The van der Waals surface area contributed by atoms with Gasteiger partial charge in [0.25, 0.3) is 0 Å². The predicted molar refractivity (Wildman–Crippen MR) is 112 cm³/mol. The number of hydrogen-bond donors (Lipinski definition) is 1. The van der Waals surface area contributed by atoms with Crippen LogP contribution in [0.5, 0.6) is 5.75 Å².